The zero-order valence-electron chi connectivity index (χ0n) is 10.5. The molecule has 0 aliphatic rings. The Morgan fingerprint density at radius 1 is 1.06 bits per heavy atom. The van der Waals surface area contributed by atoms with Crippen LogP contribution < -0.4 is 10.5 Å². The summed E-state index contributed by atoms with van der Waals surface area (Å²) in [5.74, 6) is 0.462. The Balaban J connectivity index is 2.09. The van der Waals surface area contributed by atoms with Gasteiger partial charge in [0, 0.05) is 11.3 Å². The summed E-state index contributed by atoms with van der Waals surface area (Å²) in [6.07, 6.45) is 0. The van der Waals surface area contributed by atoms with Crippen molar-refractivity contribution in [3.8, 4) is 5.75 Å². The summed E-state index contributed by atoms with van der Waals surface area (Å²) >= 11 is 0. The molecule has 0 aromatic heterocycles. The van der Waals surface area contributed by atoms with Crippen LogP contribution in [0.3, 0.4) is 0 Å². The molecule has 2 aromatic rings. The molecule has 18 heavy (non-hydrogen) atoms. The number of rotatable bonds is 3. The van der Waals surface area contributed by atoms with Gasteiger partial charge in [-0.15, -0.1) is 0 Å². The van der Waals surface area contributed by atoms with E-state index in [2.05, 4.69) is 6.92 Å². The van der Waals surface area contributed by atoms with Crippen LogP contribution in [0, 0.1) is 19.7 Å². The van der Waals surface area contributed by atoms with E-state index in [1.807, 2.05) is 25.1 Å². The van der Waals surface area contributed by atoms with Crippen molar-refractivity contribution >= 4 is 5.69 Å². The Labute approximate surface area is 106 Å². The molecule has 2 nitrogen and oxygen atoms in total. The van der Waals surface area contributed by atoms with E-state index in [0.29, 0.717) is 12.3 Å². The molecule has 0 radical (unpaired) electrons. The molecule has 2 N–H and O–H groups in total. The van der Waals surface area contributed by atoms with Gasteiger partial charge in [-0.05, 0) is 49.2 Å². The van der Waals surface area contributed by atoms with Gasteiger partial charge in [-0.2, -0.15) is 0 Å². The molecule has 3 heteroatoms. The molecular weight excluding hydrogens is 229 g/mol. The van der Waals surface area contributed by atoms with Crippen LogP contribution in [0.25, 0.3) is 0 Å². The van der Waals surface area contributed by atoms with E-state index >= 15 is 0 Å². The van der Waals surface area contributed by atoms with Crippen molar-refractivity contribution in [2.45, 2.75) is 20.5 Å². The molecule has 0 atom stereocenters. The van der Waals surface area contributed by atoms with Gasteiger partial charge in [-0.1, -0.05) is 12.1 Å². The first kappa shape index (κ1) is 12.4. The van der Waals surface area contributed by atoms with E-state index in [1.54, 1.807) is 6.07 Å². The van der Waals surface area contributed by atoms with Gasteiger partial charge in [0.2, 0.25) is 0 Å². The minimum Gasteiger partial charge on any atom is -0.489 e. The molecule has 2 rings (SSSR count). The average molecular weight is 245 g/mol. The SMILES string of the molecule is Cc1ccc(OCc2ccc(F)cc2N)cc1C. The fraction of sp³-hybridized carbons (Fsp3) is 0.200. The van der Waals surface area contributed by atoms with E-state index in [1.165, 1.54) is 23.3 Å². The summed E-state index contributed by atoms with van der Waals surface area (Å²) in [4.78, 5) is 0. The normalized spacial score (nSPS) is 10.4. The molecule has 0 spiro atoms. The first-order valence-electron chi connectivity index (χ1n) is 5.80. The summed E-state index contributed by atoms with van der Waals surface area (Å²) < 4.78 is 18.5. The van der Waals surface area contributed by atoms with Crippen LogP contribution in [-0.4, -0.2) is 0 Å². The summed E-state index contributed by atoms with van der Waals surface area (Å²) in [5.41, 5.74) is 9.33. The van der Waals surface area contributed by atoms with Gasteiger partial charge in [0.15, 0.2) is 0 Å². The largest absolute Gasteiger partial charge is 0.489 e. The third-order valence-electron chi connectivity index (χ3n) is 2.98. The van der Waals surface area contributed by atoms with E-state index < -0.39 is 0 Å². The Bertz CT molecular complexity index is 566. The zero-order chi connectivity index (χ0) is 13.1. The molecular formula is C15H16FNO. The second-order valence-electron chi connectivity index (χ2n) is 4.38. The first-order chi connectivity index (χ1) is 8.56. The predicted molar refractivity (Wildman–Crippen MR) is 71.1 cm³/mol. The Kier molecular flexibility index (Phi) is 3.51. The molecule has 0 aliphatic carbocycles. The average Bonchev–Trinajstić information content (AvgIpc) is 2.32. The lowest BCUT2D eigenvalue weighted by molar-refractivity contribution is 0.306. The molecule has 0 saturated carbocycles. The van der Waals surface area contributed by atoms with E-state index in [9.17, 15) is 4.39 Å². The lowest BCUT2D eigenvalue weighted by atomic mass is 10.1. The minimum atomic E-state index is -0.331. The van der Waals surface area contributed by atoms with Crippen LogP contribution in [0.1, 0.15) is 16.7 Å². The first-order valence-corrected chi connectivity index (χ1v) is 5.80. The van der Waals surface area contributed by atoms with Crippen LogP contribution in [-0.2, 0) is 6.61 Å². The third-order valence-corrected chi connectivity index (χ3v) is 2.98. The van der Waals surface area contributed by atoms with Crippen molar-refractivity contribution in [2.75, 3.05) is 5.73 Å². The van der Waals surface area contributed by atoms with E-state index in [4.69, 9.17) is 10.5 Å². The fourth-order valence-electron chi connectivity index (χ4n) is 1.66. The Morgan fingerprint density at radius 2 is 1.83 bits per heavy atom. The molecule has 0 aliphatic heterocycles. The highest BCUT2D eigenvalue weighted by Crippen LogP contribution is 2.20. The number of hydrogen-bond acceptors (Lipinski definition) is 2. The monoisotopic (exact) mass is 245 g/mol. The van der Waals surface area contributed by atoms with Gasteiger partial charge in [0.05, 0.1) is 0 Å². The van der Waals surface area contributed by atoms with E-state index in [-0.39, 0.29) is 5.82 Å². The van der Waals surface area contributed by atoms with Crippen molar-refractivity contribution in [3.05, 3.63) is 58.9 Å². The number of benzene rings is 2. The smallest absolute Gasteiger partial charge is 0.125 e. The highest BCUT2D eigenvalue weighted by Gasteiger charge is 2.03. The molecule has 0 amide bonds. The topological polar surface area (TPSA) is 35.2 Å². The van der Waals surface area contributed by atoms with Gasteiger partial charge in [0.1, 0.15) is 18.2 Å². The second kappa shape index (κ2) is 5.08. The molecule has 94 valence electrons. The van der Waals surface area contributed by atoms with Crippen molar-refractivity contribution in [3.63, 3.8) is 0 Å². The number of nitrogen functional groups attached to an aromatic ring is 1. The van der Waals surface area contributed by atoms with Crippen LogP contribution in [0.4, 0.5) is 10.1 Å². The van der Waals surface area contributed by atoms with Crippen molar-refractivity contribution in [1.29, 1.82) is 0 Å². The molecule has 0 bridgehead atoms. The zero-order valence-corrected chi connectivity index (χ0v) is 10.5. The van der Waals surface area contributed by atoms with Crippen LogP contribution >= 0.6 is 0 Å². The van der Waals surface area contributed by atoms with Crippen LogP contribution in [0.2, 0.25) is 0 Å². The number of aryl methyl sites for hydroxylation is 2. The van der Waals surface area contributed by atoms with Crippen molar-refractivity contribution in [1.82, 2.24) is 0 Å². The summed E-state index contributed by atoms with van der Waals surface area (Å²) in [6, 6.07) is 10.2. The predicted octanol–water partition coefficient (Wildman–Crippen LogP) is 3.60. The van der Waals surface area contributed by atoms with Gasteiger partial charge in [-0.25, -0.2) is 4.39 Å². The molecule has 0 saturated heterocycles. The number of anilines is 1. The highest BCUT2D eigenvalue weighted by atomic mass is 19.1. The second-order valence-corrected chi connectivity index (χ2v) is 4.38. The number of ether oxygens (including phenoxy) is 1. The molecule has 2 aromatic carbocycles. The van der Waals surface area contributed by atoms with Crippen molar-refractivity contribution in [2.24, 2.45) is 0 Å². The number of hydrogen-bond donors (Lipinski definition) is 1. The fourth-order valence-corrected chi connectivity index (χ4v) is 1.66. The number of nitrogens with two attached hydrogens (primary N) is 1. The quantitative estimate of drug-likeness (QED) is 0.838. The molecule has 0 unspecified atom stereocenters. The van der Waals surface area contributed by atoms with Gasteiger partial charge in [-0.3, -0.25) is 0 Å². The highest BCUT2D eigenvalue weighted by molar-refractivity contribution is 5.46. The van der Waals surface area contributed by atoms with Gasteiger partial charge in [0.25, 0.3) is 0 Å². The van der Waals surface area contributed by atoms with Crippen molar-refractivity contribution < 1.29 is 9.13 Å². The lowest BCUT2D eigenvalue weighted by Gasteiger charge is -2.10. The third kappa shape index (κ3) is 2.80. The maximum atomic E-state index is 12.9. The van der Waals surface area contributed by atoms with Crippen LogP contribution in [0.15, 0.2) is 36.4 Å². The summed E-state index contributed by atoms with van der Waals surface area (Å²) in [6.45, 7) is 4.43. The number of halogens is 1. The Hall–Kier alpha value is -2.03. The lowest BCUT2D eigenvalue weighted by Crippen LogP contribution is -2.01. The van der Waals surface area contributed by atoms with Crippen LogP contribution in [0.5, 0.6) is 5.75 Å². The Morgan fingerprint density at radius 3 is 2.50 bits per heavy atom. The summed E-state index contributed by atoms with van der Waals surface area (Å²) in [7, 11) is 0. The van der Waals surface area contributed by atoms with Gasteiger partial charge >= 0.3 is 0 Å². The molecule has 0 heterocycles. The summed E-state index contributed by atoms with van der Waals surface area (Å²) in [5, 5.41) is 0. The van der Waals surface area contributed by atoms with Gasteiger partial charge < -0.3 is 10.5 Å². The standard InChI is InChI=1S/C15H16FNO/c1-10-3-6-14(7-11(10)2)18-9-12-4-5-13(16)8-15(12)17/h3-8H,9,17H2,1-2H3. The van der Waals surface area contributed by atoms with E-state index in [0.717, 1.165) is 11.3 Å². The molecule has 0 fully saturated rings. The minimum absolute atomic E-state index is 0.331. The maximum Gasteiger partial charge on any atom is 0.125 e. The maximum absolute atomic E-state index is 12.9.